The van der Waals surface area contributed by atoms with Crippen LogP contribution in [0.3, 0.4) is 0 Å². The van der Waals surface area contributed by atoms with Gasteiger partial charge in [-0.25, -0.2) is 0 Å². The molecule has 0 amide bonds. The predicted molar refractivity (Wildman–Crippen MR) is 82.5 cm³/mol. The molecule has 0 bridgehead atoms. The molecule has 0 aliphatic carbocycles. The van der Waals surface area contributed by atoms with Gasteiger partial charge in [0.1, 0.15) is 0 Å². The molecule has 0 radical (unpaired) electrons. The minimum atomic E-state index is -3.59. The first kappa shape index (κ1) is 16.5. The summed E-state index contributed by atoms with van der Waals surface area (Å²) >= 11 is 0. The van der Waals surface area contributed by atoms with Crippen LogP contribution in [0.1, 0.15) is 25.0 Å². The Balaban J connectivity index is 2.98. The molecular formula is C14H21N3O2S. The Morgan fingerprint density at radius 2 is 2.05 bits per heavy atom. The van der Waals surface area contributed by atoms with Crippen LogP contribution in [-0.4, -0.2) is 21.5 Å². The van der Waals surface area contributed by atoms with Gasteiger partial charge >= 0.3 is 0 Å². The number of anilines is 1. The van der Waals surface area contributed by atoms with Crippen molar-refractivity contribution in [3.8, 4) is 11.8 Å². The van der Waals surface area contributed by atoms with Crippen molar-refractivity contribution in [1.82, 2.24) is 4.72 Å². The number of nitrogens with one attached hydrogen (secondary N) is 2. The maximum atomic E-state index is 11.9. The zero-order valence-corrected chi connectivity index (χ0v) is 12.8. The number of rotatable bonds is 5. The van der Waals surface area contributed by atoms with E-state index in [0.717, 1.165) is 5.56 Å². The van der Waals surface area contributed by atoms with Crippen molar-refractivity contribution in [2.75, 3.05) is 17.8 Å². The average molecular weight is 295 g/mol. The van der Waals surface area contributed by atoms with Crippen LogP contribution in [0.15, 0.2) is 18.2 Å². The number of hydrogen-bond acceptors (Lipinski definition) is 3. The van der Waals surface area contributed by atoms with E-state index in [4.69, 9.17) is 5.73 Å². The number of aryl methyl sites for hydroxylation is 1. The van der Waals surface area contributed by atoms with Crippen LogP contribution in [0.4, 0.5) is 5.69 Å². The maximum Gasteiger partial charge on any atom is 0.299 e. The van der Waals surface area contributed by atoms with Gasteiger partial charge in [0, 0.05) is 12.1 Å². The SMILES string of the molecule is Cc1ccc(C#CCN)c(NS(=O)(=O)NCC(C)C)c1. The zero-order valence-electron chi connectivity index (χ0n) is 12.0. The fourth-order valence-corrected chi connectivity index (χ4v) is 2.54. The largest absolute Gasteiger partial charge is 0.320 e. The van der Waals surface area contributed by atoms with Crippen molar-refractivity contribution in [3.63, 3.8) is 0 Å². The van der Waals surface area contributed by atoms with Crippen molar-refractivity contribution in [1.29, 1.82) is 0 Å². The summed E-state index contributed by atoms with van der Waals surface area (Å²) in [4.78, 5) is 0. The van der Waals surface area contributed by atoms with Crippen LogP contribution >= 0.6 is 0 Å². The fraction of sp³-hybridized carbons (Fsp3) is 0.429. The lowest BCUT2D eigenvalue weighted by Crippen LogP contribution is -2.33. The second-order valence-corrected chi connectivity index (χ2v) is 6.40. The number of nitrogens with two attached hydrogens (primary N) is 1. The third-order valence-corrected chi connectivity index (χ3v) is 3.46. The Bertz CT molecular complexity index is 613. The van der Waals surface area contributed by atoms with E-state index in [-0.39, 0.29) is 12.5 Å². The summed E-state index contributed by atoms with van der Waals surface area (Å²) in [6.45, 7) is 6.37. The minimum absolute atomic E-state index is 0.228. The van der Waals surface area contributed by atoms with Crippen LogP contribution in [-0.2, 0) is 10.2 Å². The Labute approximate surface area is 121 Å². The van der Waals surface area contributed by atoms with Crippen molar-refractivity contribution in [3.05, 3.63) is 29.3 Å². The van der Waals surface area contributed by atoms with Gasteiger partial charge in [0.15, 0.2) is 0 Å². The van der Waals surface area contributed by atoms with Crippen LogP contribution in [0.2, 0.25) is 0 Å². The van der Waals surface area contributed by atoms with Crippen molar-refractivity contribution in [2.45, 2.75) is 20.8 Å². The lowest BCUT2D eigenvalue weighted by molar-refractivity contribution is 0.565. The molecule has 1 rings (SSSR count). The predicted octanol–water partition coefficient (Wildman–Crippen LogP) is 1.21. The number of hydrogen-bond donors (Lipinski definition) is 3. The highest BCUT2D eigenvalue weighted by molar-refractivity contribution is 7.90. The monoisotopic (exact) mass is 295 g/mol. The molecule has 0 saturated carbocycles. The Kier molecular flexibility index (Phi) is 6.02. The van der Waals surface area contributed by atoms with Gasteiger partial charge in [-0.2, -0.15) is 13.1 Å². The van der Waals surface area contributed by atoms with Crippen LogP contribution < -0.4 is 15.2 Å². The van der Waals surface area contributed by atoms with Crippen molar-refractivity contribution >= 4 is 15.9 Å². The molecule has 0 spiro atoms. The molecule has 110 valence electrons. The van der Waals surface area contributed by atoms with Gasteiger partial charge < -0.3 is 5.73 Å². The molecule has 5 nitrogen and oxygen atoms in total. The fourth-order valence-electron chi connectivity index (χ4n) is 1.46. The van der Waals surface area contributed by atoms with E-state index in [2.05, 4.69) is 21.3 Å². The van der Waals surface area contributed by atoms with E-state index in [1.165, 1.54) is 0 Å². The van der Waals surface area contributed by atoms with Crippen LogP contribution in [0.5, 0.6) is 0 Å². The summed E-state index contributed by atoms with van der Waals surface area (Å²) in [5.41, 5.74) is 7.36. The quantitative estimate of drug-likeness (QED) is 0.714. The molecule has 0 fully saturated rings. The standard InChI is InChI=1S/C14H21N3O2S/c1-11(2)10-16-20(18,19)17-14-9-12(3)6-7-13(14)5-4-8-15/h6-7,9,11,16-17H,8,10,15H2,1-3H3. The third-order valence-electron chi connectivity index (χ3n) is 2.43. The Morgan fingerprint density at radius 3 is 2.65 bits per heavy atom. The average Bonchev–Trinajstić information content (AvgIpc) is 2.35. The first-order valence-corrected chi connectivity index (χ1v) is 7.89. The second-order valence-electron chi connectivity index (χ2n) is 4.90. The van der Waals surface area contributed by atoms with E-state index in [1.807, 2.05) is 26.8 Å². The van der Waals surface area contributed by atoms with Gasteiger partial charge in [-0.15, -0.1) is 0 Å². The lowest BCUT2D eigenvalue weighted by atomic mass is 10.1. The molecular weight excluding hydrogens is 274 g/mol. The van der Waals surface area contributed by atoms with E-state index < -0.39 is 10.2 Å². The van der Waals surface area contributed by atoms with Gasteiger partial charge in [0.25, 0.3) is 10.2 Å². The van der Waals surface area contributed by atoms with Gasteiger partial charge in [-0.1, -0.05) is 31.8 Å². The molecule has 20 heavy (non-hydrogen) atoms. The van der Waals surface area contributed by atoms with Crippen molar-refractivity contribution < 1.29 is 8.42 Å². The maximum absolute atomic E-state index is 11.9. The van der Waals surface area contributed by atoms with Crippen molar-refractivity contribution in [2.24, 2.45) is 11.7 Å². The Morgan fingerprint density at radius 1 is 1.35 bits per heavy atom. The molecule has 1 aromatic carbocycles. The van der Waals surface area contributed by atoms with Gasteiger partial charge in [-0.05, 0) is 30.5 Å². The minimum Gasteiger partial charge on any atom is -0.320 e. The normalized spacial score (nSPS) is 11.1. The highest BCUT2D eigenvalue weighted by atomic mass is 32.2. The van der Waals surface area contributed by atoms with E-state index in [1.54, 1.807) is 12.1 Å². The molecule has 0 saturated heterocycles. The van der Waals surface area contributed by atoms with E-state index in [9.17, 15) is 8.42 Å². The highest BCUT2D eigenvalue weighted by Gasteiger charge is 2.12. The molecule has 1 aromatic rings. The highest BCUT2D eigenvalue weighted by Crippen LogP contribution is 2.17. The molecule has 0 aromatic heterocycles. The molecule has 6 heteroatoms. The molecule has 0 atom stereocenters. The summed E-state index contributed by atoms with van der Waals surface area (Å²) < 4.78 is 28.9. The first-order valence-electron chi connectivity index (χ1n) is 6.41. The van der Waals surface area contributed by atoms with Gasteiger partial charge in [0.2, 0.25) is 0 Å². The lowest BCUT2D eigenvalue weighted by Gasteiger charge is -2.12. The Hall–Kier alpha value is -1.55. The van der Waals surface area contributed by atoms with Gasteiger partial charge in [0.05, 0.1) is 12.2 Å². The molecule has 0 aliphatic rings. The van der Waals surface area contributed by atoms with Gasteiger partial charge in [-0.3, -0.25) is 4.72 Å². The molecule has 0 aliphatic heterocycles. The number of benzene rings is 1. The first-order chi connectivity index (χ1) is 9.34. The summed E-state index contributed by atoms with van der Waals surface area (Å²) in [7, 11) is -3.59. The molecule has 4 N–H and O–H groups in total. The van der Waals surface area contributed by atoms with Crippen LogP contribution in [0.25, 0.3) is 0 Å². The van der Waals surface area contributed by atoms with E-state index in [0.29, 0.717) is 17.8 Å². The second kappa shape index (κ2) is 7.29. The molecule has 0 unspecified atom stereocenters. The summed E-state index contributed by atoms with van der Waals surface area (Å²) in [6.07, 6.45) is 0. The topological polar surface area (TPSA) is 84.2 Å². The summed E-state index contributed by atoms with van der Waals surface area (Å²) in [5, 5.41) is 0. The summed E-state index contributed by atoms with van der Waals surface area (Å²) in [5.74, 6) is 5.82. The molecule has 0 heterocycles. The third kappa shape index (κ3) is 5.61. The smallest absolute Gasteiger partial charge is 0.299 e. The van der Waals surface area contributed by atoms with E-state index >= 15 is 0 Å². The summed E-state index contributed by atoms with van der Waals surface area (Å²) in [6, 6.07) is 5.40. The zero-order chi connectivity index (χ0) is 15.2. The van der Waals surface area contributed by atoms with Crippen LogP contribution in [0, 0.1) is 24.7 Å².